The van der Waals surface area contributed by atoms with Crippen molar-refractivity contribution in [2.24, 2.45) is 7.05 Å². The molecule has 9 nitrogen and oxygen atoms in total. The maximum absolute atomic E-state index is 13.7. The van der Waals surface area contributed by atoms with E-state index in [1.807, 2.05) is 0 Å². The standard InChI is InChI=1S/C22H27F3N6O3S2/c1-21(2,32)10-15-4-5-18(35-15)19-17(22(23,24)25)12-26-20(29-19)28-14-6-8-31(9-7-14)36(33,34)16-11-27-30(3)13-16/h4-5,11-14,32H,6-10H2,1-3H3,(H,26,28,29). The zero-order valence-corrected chi connectivity index (χ0v) is 21.6. The van der Waals surface area contributed by atoms with E-state index in [0.29, 0.717) is 24.1 Å². The molecule has 196 valence electrons. The molecule has 1 aliphatic rings. The van der Waals surface area contributed by atoms with Gasteiger partial charge in [0.15, 0.2) is 0 Å². The van der Waals surface area contributed by atoms with Crippen LogP contribution in [0.2, 0.25) is 0 Å². The Bertz CT molecular complexity index is 1320. The summed E-state index contributed by atoms with van der Waals surface area (Å²) in [5, 5.41) is 17.0. The Morgan fingerprint density at radius 3 is 2.47 bits per heavy atom. The molecule has 0 radical (unpaired) electrons. The molecule has 14 heteroatoms. The van der Waals surface area contributed by atoms with Crippen LogP contribution in [0, 0.1) is 0 Å². The van der Waals surface area contributed by atoms with Crippen LogP contribution in [0.25, 0.3) is 10.6 Å². The van der Waals surface area contributed by atoms with Crippen LogP contribution >= 0.6 is 11.3 Å². The summed E-state index contributed by atoms with van der Waals surface area (Å²) in [5.41, 5.74) is -2.17. The van der Waals surface area contributed by atoms with E-state index in [4.69, 9.17) is 0 Å². The molecule has 0 bridgehead atoms. The van der Waals surface area contributed by atoms with Crippen LogP contribution in [-0.2, 0) is 29.7 Å². The van der Waals surface area contributed by atoms with Crippen LogP contribution in [0.15, 0.2) is 35.6 Å². The van der Waals surface area contributed by atoms with Crippen molar-refractivity contribution in [3.8, 4) is 10.6 Å². The number of sulfonamides is 1. The number of hydrogen-bond donors (Lipinski definition) is 2. The van der Waals surface area contributed by atoms with Crippen molar-refractivity contribution in [2.75, 3.05) is 18.4 Å². The summed E-state index contributed by atoms with van der Waals surface area (Å²) in [5.74, 6) is 0.0454. The molecule has 2 N–H and O–H groups in total. The van der Waals surface area contributed by atoms with Crippen molar-refractivity contribution in [1.82, 2.24) is 24.1 Å². The van der Waals surface area contributed by atoms with E-state index in [9.17, 15) is 26.7 Å². The van der Waals surface area contributed by atoms with Crippen molar-refractivity contribution in [3.63, 3.8) is 0 Å². The lowest BCUT2D eigenvalue weighted by Crippen LogP contribution is -2.42. The second kappa shape index (κ2) is 9.72. The maximum atomic E-state index is 13.7. The van der Waals surface area contributed by atoms with Crippen molar-refractivity contribution in [1.29, 1.82) is 0 Å². The topological polar surface area (TPSA) is 113 Å². The zero-order chi connectivity index (χ0) is 26.3. The van der Waals surface area contributed by atoms with E-state index in [1.165, 1.54) is 21.4 Å². The number of nitrogens with one attached hydrogen (secondary N) is 1. The number of halogens is 3. The third-order valence-electron chi connectivity index (χ3n) is 5.70. The van der Waals surface area contributed by atoms with Gasteiger partial charge in [0.25, 0.3) is 0 Å². The molecule has 0 aliphatic carbocycles. The van der Waals surface area contributed by atoms with Gasteiger partial charge in [0.1, 0.15) is 10.5 Å². The highest BCUT2D eigenvalue weighted by Gasteiger charge is 2.36. The summed E-state index contributed by atoms with van der Waals surface area (Å²) >= 11 is 1.14. The molecule has 3 aromatic rings. The Balaban J connectivity index is 1.50. The number of rotatable bonds is 7. The van der Waals surface area contributed by atoms with Crippen LogP contribution in [0.5, 0.6) is 0 Å². The number of nitrogens with zero attached hydrogens (tertiary/aromatic N) is 5. The fraction of sp³-hybridized carbons (Fsp3) is 0.500. The number of thiophene rings is 1. The van der Waals surface area contributed by atoms with E-state index in [2.05, 4.69) is 20.4 Å². The number of alkyl halides is 3. The van der Waals surface area contributed by atoms with E-state index in [0.717, 1.165) is 22.4 Å². The minimum atomic E-state index is -4.64. The Morgan fingerprint density at radius 2 is 1.89 bits per heavy atom. The molecule has 4 rings (SSSR count). The molecule has 36 heavy (non-hydrogen) atoms. The van der Waals surface area contributed by atoms with Crippen molar-refractivity contribution in [3.05, 3.63) is 41.2 Å². The Labute approximate surface area is 211 Å². The third-order valence-corrected chi connectivity index (χ3v) is 8.65. The lowest BCUT2D eigenvalue weighted by atomic mass is 10.0. The normalized spacial score (nSPS) is 16.4. The zero-order valence-electron chi connectivity index (χ0n) is 19.9. The second-order valence-electron chi connectivity index (χ2n) is 9.38. The molecule has 4 heterocycles. The average molecular weight is 545 g/mol. The fourth-order valence-electron chi connectivity index (χ4n) is 3.98. The Morgan fingerprint density at radius 1 is 1.19 bits per heavy atom. The van der Waals surface area contributed by atoms with Gasteiger partial charge in [-0.3, -0.25) is 4.68 Å². The molecule has 1 fully saturated rings. The molecule has 0 spiro atoms. The molecular formula is C22H27F3N6O3S2. The minimum absolute atomic E-state index is 0.0454. The number of aliphatic hydroxyl groups is 1. The van der Waals surface area contributed by atoms with Crippen LogP contribution in [0.4, 0.5) is 19.1 Å². The van der Waals surface area contributed by atoms with Crippen molar-refractivity contribution >= 4 is 27.3 Å². The summed E-state index contributed by atoms with van der Waals surface area (Å²) < 4.78 is 69.5. The number of hydrogen-bond acceptors (Lipinski definition) is 8. The summed E-state index contributed by atoms with van der Waals surface area (Å²) in [4.78, 5) is 9.26. The van der Waals surface area contributed by atoms with Gasteiger partial charge in [0, 0.05) is 49.9 Å². The molecule has 1 aliphatic heterocycles. The van der Waals surface area contributed by atoms with Gasteiger partial charge in [0.2, 0.25) is 16.0 Å². The molecule has 0 atom stereocenters. The van der Waals surface area contributed by atoms with E-state index >= 15 is 0 Å². The first-order chi connectivity index (χ1) is 16.7. The number of aryl methyl sites for hydroxylation is 1. The lowest BCUT2D eigenvalue weighted by Gasteiger charge is -2.31. The second-order valence-corrected chi connectivity index (χ2v) is 12.5. The molecule has 0 amide bonds. The summed E-state index contributed by atoms with van der Waals surface area (Å²) in [6.45, 7) is 3.75. The SMILES string of the molecule is Cn1cc(S(=O)(=O)N2CCC(Nc3ncc(C(F)(F)F)c(-c4ccc(CC(C)(C)O)s4)n3)CC2)cn1. The van der Waals surface area contributed by atoms with E-state index in [-0.39, 0.29) is 35.7 Å². The van der Waals surface area contributed by atoms with Gasteiger partial charge in [-0.1, -0.05) is 0 Å². The number of piperidine rings is 1. The quantitative estimate of drug-likeness (QED) is 0.468. The highest BCUT2D eigenvalue weighted by Crippen LogP contribution is 2.39. The first-order valence-corrected chi connectivity index (χ1v) is 13.5. The molecular weight excluding hydrogens is 517 g/mol. The first-order valence-electron chi connectivity index (χ1n) is 11.2. The van der Waals surface area contributed by atoms with Crippen molar-refractivity contribution in [2.45, 2.75) is 55.8 Å². The monoisotopic (exact) mass is 544 g/mol. The smallest absolute Gasteiger partial charge is 0.390 e. The van der Waals surface area contributed by atoms with Gasteiger partial charge in [-0.2, -0.15) is 22.6 Å². The van der Waals surface area contributed by atoms with Crippen LogP contribution in [0.3, 0.4) is 0 Å². The van der Waals surface area contributed by atoms with Crippen LogP contribution in [-0.4, -0.2) is 62.3 Å². The molecule has 0 aromatic carbocycles. The van der Waals surface area contributed by atoms with Gasteiger partial charge < -0.3 is 10.4 Å². The summed E-state index contributed by atoms with van der Waals surface area (Å²) in [6.07, 6.45) is 0.0451. The van der Waals surface area contributed by atoms with E-state index in [1.54, 1.807) is 33.0 Å². The first kappa shape index (κ1) is 26.5. The average Bonchev–Trinajstić information content (AvgIpc) is 3.41. The van der Waals surface area contributed by atoms with Crippen LogP contribution in [0.1, 0.15) is 37.1 Å². The predicted molar refractivity (Wildman–Crippen MR) is 129 cm³/mol. The highest BCUT2D eigenvalue weighted by atomic mass is 32.2. The Hall–Kier alpha value is -2.55. The molecule has 0 saturated carbocycles. The predicted octanol–water partition coefficient (Wildman–Crippen LogP) is 3.54. The summed E-state index contributed by atoms with van der Waals surface area (Å²) in [6, 6.07) is 3.05. The van der Waals surface area contributed by atoms with Gasteiger partial charge in [-0.15, -0.1) is 11.3 Å². The minimum Gasteiger partial charge on any atom is -0.390 e. The van der Waals surface area contributed by atoms with Gasteiger partial charge in [0.05, 0.1) is 22.4 Å². The third kappa shape index (κ3) is 6.05. The van der Waals surface area contributed by atoms with Gasteiger partial charge >= 0.3 is 6.18 Å². The van der Waals surface area contributed by atoms with Crippen molar-refractivity contribution < 1.29 is 26.7 Å². The molecule has 0 unspecified atom stereocenters. The maximum Gasteiger partial charge on any atom is 0.420 e. The molecule has 1 saturated heterocycles. The largest absolute Gasteiger partial charge is 0.420 e. The van der Waals surface area contributed by atoms with Crippen LogP contribution < -0.4 is 5.32 Å². The number of anilines is 1. The number of aromatic nitrogens is 4. The summed E-state index contributed by atoms with van der Waals surface area (Å²) in [7, 11) is -2.03. The highest BCUT2D eigenvalue weighted by molar-refractivity contribution is 7.89. The van der Waals surface area contributed by atoms with E-state index < -0.39 is 27.4 Å². The molecule has 3 aromatic heterocycles. The fourth-order valence-corrected chi connectivity index (χ4v) is 6.67. The lowest BCUT2D eigenvalue weighted by molar-refractivity contribution is -0.137. The Kier molecular flexibility index (Phi) is 7.16. The van der Waals surface area contributed by atoms with Gasteiger partial charge in [-0.05, 0) is 38.8 Å². The van der Waals surface area contributed by atoms with Gasteiger partial charge in [-0.25, -0.2) is 18.4 Å².